The number of carbonyl (C=O) groups excluding carboxylic acids is 2. The molecule has 2 saturated carbocycles. The highest BCUT2D eigenvalue weighted by molar-refractivity contribution is 5.95. The normalized spacial score (nSPS) is 17.2. The molecule has 146 valence electrons. The van der Waals surface area contributed by atoms with Crippen LogP contribution in [0.5, 0.6) is 0 Å². The van der Waals surface area contributed by atoms with Gasteiger partial charge in [-0.05, 0) is 48.8 Å². The lowest BCUT2D eigenvalue weighted by Crippen LogP contribution is -2.31. The number of hydrogen-bond donors (Lipinski definition) is 2. The molecule has 2 N–H and O–H groups in total. The second-order valence-corrected chi connectivity index (χ2v) is 8.39. The number of hydrogen-bond acceptors (Lipinski definition) is 2. The van der Waals surface area contributed by atoms with Crippen LogP contribution in [0.2, 0.25) is 0 Å². The van der Waals surface area contributed by atoms with Crippen LogP contribution in [-0.4, -0.2) is 11.8 Å². The predicted octanol–water partition coefficient (Wildman–Crippen LogP) is 4.77. The first-order chi connectivity index (χ1) is 13.5. The van der Waals surface area contributed by atoms with Gasteiger partial charge in [-0.25, -0.2) is 0 Å². The molecule has 0 bridgehead atoms. The van der Waals surface area contributed by atoms with Gasteiger partial charge in [-0.15, -0.1) is 0 Å². The quantitative estimate of drug-likeness (QED) is 0.731. The highest BCUT2D eigenvalue weighted by Gasteiger charge is 2.33. The van der Waals surface area contributed by atoms with E-state index < -0.39 is 0 Å². The maximum atomic E-state index is 12.6. The Kier molecular flexibility index (Phi) is 5.21. The first-order valence-electron chi connectivity index (χ1n) is 10.3. The molecule has 2 amide bonds. The third-order valence-corrected chi connectivity index (χ3v) is 5.65. The molecule has 4 rings (SSSR count). The highest BCUT2D eigenvalue weighted by Crippen LogP contribution is 2.35. The van der Waals surface area contributed by atoms with E-state index in [0.717, 1.165) is 42.5 Å². The molecule has 0 radical (unpaired) electrons. The standard InChI is InChI=1S/C24H28N2O2/c1-15(2)16-7-9-17(10-8-16)22(26-24(28)19-13-14-19)20-5-3-4-6-21(20)25-23(27)18-11-12-18/h3-10,15,18-19,22H,11-14H2,1-2H3,(H,25,27)(H,26,28). The Balaban J connectivity index is 1.66. The van der Waals surface area contributed by atoms with E-state index in [0.29, 0.717) is 5.92 Å². The third kappa shape index (κ3) is 4.27. The van der Waals surface area contributed by atoms with Crippen molar-refractivity contribution in [3.05, 3.63) is 65.2 Å². The molecule has 4 nitrogen and oxygen atoms in total. The molecule has 2 aliphatic carbocycles. The summed E-state index contributed by atoms with van der Waals surface area (Å²) in [5, 5.41) is 6.31. The molecule has 0 heterocycles. The number of para-hydroxylation sites is 1. The van der Waals surface area contributed by atoms with Crippen LogP contribution in [0, 0.1) is 11.8 Å². The SMILES string of the molecule is CC(C)c1ccc(C(NC(=O)C2CC2)c2ccccc2NC(=O)C2CC2)cc1. The molecule has 28 heavy (non-hydrogen) atoms. The first-order valence-corrected chi connectivity index (χ1v) is 10.3. The van der Waals surface area contributed by atoms with Crippen molar-refractivity contribution in [3.8, 4) is 0 Å². The monoisotopic (exact) mass is 376 g/mol. The number of rotatable bonds is 7. The van der Waals surface area contributed by atoms with Crippen molar-refractivity contribution in [2.75, 3.05) is 5.32 Å². The predicted molar refractivity (Wildman–Crippen MR) is 111 cm³/mol. The molecule has 2 aromatic rings. The zero-order valence-electron chi connectivity index (χ0n) is 16.6. The Morgan fingerprint density at radius 1 is 0.821 bits per heavy atom. The van der Waals surface area contributed by atoms with E-state index in [1.807, 2.05) is 24.3 Å². The minimum absolute atomic E-state index is 0.0786. The number of carbonyl (C=O) groups is 2. The van der Waals surface area contributed by atoms with Crippen LogP contribution < -0.4 is 10.6 Å². The van der Waals surface area contributed by atoms with Crippen molar-refractivity contribution in [3.63, 3.8) is 0 Å². The lowest BCUT2D eigenvalue weighted by atomic mass is 9.94. The molecule has 2 aromatic carbocycles. The second-order valence-electron chi connectivity index (χ2n) is 8.39. The second kappa shape index (κ2) is 7.78. The molecule has 2 fully saturated rings. The van der Waals surface area contributed by atoms with Crippen LogP contribution in [0.1, 0.15) is 68.2 Å². The first kappa shape index (κ1) is 18.7. The van der Waals surface area contributed by atoms with E-state index in [1.54, 1.807) is 0 Å². The van der Waals surface area contributed by atoms with Crippen LogP contribution in [-0.2, 0) is 9.59 Å². The van der Waals surface area contributed by atoms with Crippen molar-refractivity contribution in [2.45, 2.75) is 51.5 Å². The lowest BCUT2D eigenvalue weighted by molar-refractivity contribution is -0.122. The van der Waals surface area contributed by atoms with E-state index in [4.69, 9.17) is 0 Å². The molecule has 0 aromatic heterocycles. The van der Waals surface area contributed by atoms with Gasteiger partial charge in [0.05, 0.1) is 6.04 Å². The van der Waals surface area contributed by atoms with Crippen molar-refractivity contribution in [2.24, 2.45) is 11.8 Å². The Morgan fingerprint density at radius 3 is 2.00 bits per heavy atom. The smallest absolute Gasteiger partial charge is 0.227 e. The average Bonchev–Trinajstić information content (AvgIpc) is 3.58. The molecule has 2 aliphatic rings. The van der Waals surface area contributed by atoms with E-state index in [-0.39, 0.29) is 29.7 Å². The maximum absolute atomic E-state index is 12.6. The van der Waals surface area contributed by atoms with Gasteiger partial charge in [0.15, 0.2) is 0 Å². The van der Waals surface area contributed by atoms with Gasteiger partial charge in [-0.1, -0.05) is 56.3 Å². The summed E-state index contributed by atoms with van der Waals surface area (Å²) in [5.74, 6) is 0.901. The minimum atomic E-state index is -0.273. The van der Waals surface area contributed by atoms with Crippen molar-refractivity contribution in [1.29, 1.82) is 0 Å². The summed E-state index contributed by atoms with van der Waals surface area (Å²) in [6.07, 6.45) is 3.86. The van der Waals surface area contributed by atoms with Gasteiger partial charge in [-0.2, -0.15) is 0 Å². The fourth-order valence-corrected chi connectivity index (χ4v) is 3.46. The summed E-state index contributed by atoms with van der Waals surface area (Å²) in [4.78, 5) is 24.9. The summed E-state index contributed by atoms with van der Waals surface area (Å²) >= 11 is 0. The lowest BCUT2D eigenvalue weighted by Gasteiger charge is -2.23. The number of nitrogens with one attached hydrogen (secondary N) is 2. The largest absolute Gasteiger partial charge is 0.345 e. The van der Waals surface area contributed by atoms with Gasteiger partial charge in [0.2, 0.25) is 11.8 Å². The molecular formula is C24H28N2O2. The number of anilines is 1. The zero-order chi connectivity index (χ0) is 19.7. The molecule has 0 aliphatic heterocycles. The van der Waals surface area contributed by atoms with Crippen LogP contribution in [0.4, 0.5) is 5.69 Å². The molecule has 0 spiro atoms. The Hall–Kier alpha value is -2.62. The third-order valence-electron chi connectivity index (χ3n) is 5.65. The zero-order valence-corrected chi connectivity index (χ0v) is 16.6. The minimum Gasteiger partial charge on any atom is -0.345 e. The van der Waals surface area contributed by atoms with Crippen molar-refractivity contribution >= 4 is 17.5 Å². The maximum Gasteiger partial charge on any atom is 0.227 e. The van der Waals surface area contributed by atoms with E-state index in [1.165, 1.54) is 5.56 Å². The summed E-state index contributed by atoms with van der Waals surface area (Å²) in [6.45, 7) is 4.34. The van der Waals surface area contributed by atoms with Crippen molar-refractivity contribution in [1.82, 2.24) is 5.32 Å². The van der Waals surface area contributed by atoms with E-state index in [2.05, 4.69) is 48.7 Å². The van der Waals surface area contributed by atoms with Crippen LogP contribution in [0.25, 0.3) is 0 Å². The van der Waals surface area contributed by atoms with Gasteiger partial charge in [0.1, 0.15) is 0 Å². The Labute approximate surface area is 166 Å². The molecule has 0 saturated heterocycles. The fraction of sp³-hybridized carbons (Fsp3) is 0.417. The summed E-state index contributed by atoms with van der Waals surface area (Å²) in [5.41, 5.74) is 4.02. The highest BCUT2D eigenvalue weighted by atomic mass is 16.2. The summed E-state index contributed by atoms with van der Waals surface area (Å²) < 4.78 is 0. The summed E-state index contributed by atoms with van der Waals surface area (Å²) in [6, 6.07) is 16.0. The van der Waals surface area contributed by atoms with Gasteiger partial charge in [0, 0.05) is 23.1 Å². The molecule has 4 heteroatoms. The van der Waals surface area contributed by atoms with Gasteiger partial charge < -0.3 is 10.6 Å². The van der Waals surface area contributed by atoms with Crippen LogP contribution >= 0.6 is 0 Å². The van der Waals surface area contributed by atoms with E-state index >= 15 is 0 Å². The molecule has 1 unspecified atom stereocenters. The number of benzene rings is 2. The van der Waals surface area contributed by atoms with Crippen LogP contribution in [0.15, 0.2) is 48.5 Å². The van der Waals surface area contributed by atoms with Gasteiger partial charge in [-0.3, -0.25) is 9.59 Å². The van der Waals surface area contributed by atoms with Crippen LogP contribution in [0.3, 0.4) is 0 Å². The van der Waals surface area contributed by atoms with E-state index in [9.17, 15) is 9.59 Å². The average molecular weight is 377 g/mol. The summed E-state index contributed by atoms with van der Waals surface area (Å²) in [7, 11) is 0. The molecule has 1 atom stereocenters. The Morgan fingerprint density at radius 2 is 1.39 bits per heavy atom. The van der Waals surface area contributed by atoms with Gasteiger partial charge in [0.25, 0.3) is 0 Å². The fourth-order valence-electron chi connectivity index (χ4n) is 3.46. The topological polar surface area (TPSA) is 58.2 Å². The molecular weight excluding hydrogens is 348 g/mol. The number of amides is 2. The van der Waals surface area contributed by atoms with Gasteiger partial charge >= 0.3 is 0 Å². The van der Waals surface area contributed by atoms with Crippen molar-refractivity contribution < 1.29 is 9.59 Å². The Bertz CT molecular complexity index is 864.